The zero-order valence-corrected chi connectivity index (χ0v) is 14.0. The number of carbonyl (C=O) groups excluding carboxylic acids is 1. The van der Waals surface area contributed by atoms with Crippen LogP contribution in [0.15, 0.2) is 11.6 Å². The minimum atomic E-state index is -0.932. The maximum atomic E-state index is 11.5. The second-order valence-corrected chi connectivity index (χ2v) is 6.97. The van der Waals surface area contributed by atoms with Gasteiger partial charge in [0.25, 0.3) is 0 Å². The van der Waals surface area contributed by atoms with Crippen molar-refractivity contribution in [2.24, 2.45) is 11.7 Å². The molecule has 1 unspecified atom stereocenters. The smallest absolute Gasteiger partial charge is 0.331 e. The van der Waals surface area contributed by atoms with Gasteiger partial charge in [0.15, 0.2) is 0 Å². The van der Waals surface area contributed by atoms with E-state index in [0.717, 1.165) is 0 Å². The van der Waals surface area contributed by atoms with Crippen molar-refractivity contribution in [1.29, 1.82) is 0 Å². The molecule has 0 heterocycles. The molecule has 1 fully saturated rings. The van der Waals surface area contributed by atoms with Gasteiger partial charge in [-0.3, -0.25) is 4.79 Å². The van der Waals surface area contributed by atoms with E-state index in [2.05, 4.69) is 17.6 Å². The van der Waals surface area contributed by atoms with Gasteiger partial charge in [-0.1, -0.05) is 25.3 Å². The van der Waals surface area contributed by atoms with Crippen LogP contribution in [0.25, 0.3) is 0 Å². The molecule has 2 aliphatic rings. The van der Waals surface area contributed by atoms with Crippen molar-refractivity contribution >= 4 is 11.9 Å². The number of rotatable bonds is 5. The van der Waals surface area contributed by atoms with Crippen molar-refractivity contribution in [3.8, 4) is 0 Å². The first-order valence-electron chi connectivity index (χ1n) is 8.61. The number of nitrogens with one attached hydrogen (secondary N) is 2. The Labute approximate surface area is 137 Å². The van der Waals surface area contributed by atoms with E-state index in [4.69, 9.17) is 5.73 Å². The van der Waals surface area contributed by atoms with Gasteiger partial charge in [0.05, 0.1) is 6.04 Å². The maximum absolute atomic E-state index is 11.5. The molecule has 6 nitrogen and oxygen atoms in total. The van der Waals surface area contributed by atoms with E-state index in [9.17, 15) is 14.7 Å². The number of carbonyl (C=O) groups is 2. The molecule has 23 heavy (non-hydrogen) atoms. The zero-order chi connectivity index (χ0) is 17.0. The van der Waals surface area contributed by atoms with Gasteiger partial charge < -0.3 is 21.5 Å². The number of amides is 1. The lowest BCUT2D eigenvalue weighted by atomic mass is 9.82. The highest BCUT2D eigenvalue weighted by Crippen LogP contribution is 2.27. The number of carboxylic acid groups (broad SMARTS) is 1. The molecular formula is C17H29N3O3. The van der Waals surface area contributed by atoms with Crippen LogP contribution in [-0.2, 0) is 9.59 Å². The van der Waals surface area contributed by atoms with Crippen molar-refractivity contribution in [2.75, 3.05) is 0 Å². The predicted molar refractivity (Wildman–Crippen MR) is 88.9 cm³/mol. The molecule has 0 aromatic rings. The fourth-order valence-corrected chi connectivity index (χ4v) is 3.85. The summed E-state index contributed by atoms with van der Waals surface area (Å²) in [6, 6.07) is -0.647. The minimum Gasteiger partial charge on any atom is -0.478 e. The molecule has 0 radical (unpaired) electrons. The molecule has 0 aromatic carbocycles. The summed E-state index contributed by atoms with van der Waals surface area (Å²) in [5.74, 6) is -0.477. The van der Waals surface area contributed by atoms with Crippen LogP contribution < -0.4 is 16.4 Å². The van der Waals surface area contributed by atoms with Crippen molar-refractivity contribution in [3.63, 3.8) is 0 Å². The Morgan fingerprint density at radius 1 is 1.30 bits per heavy atom. The summed E-state index contributed by atoms with van der Waals surface area (Å²) >= 11 is 0. The van der Waals surface area contributed by atoms with Crippen LogP contribution in [0.2, 0.25) is 0 Å². The molecule has 4 atom stereocenters. The van der Waals surface area contributed by atoms with Crippen LogP contribution in [0.5, 0.6) is 0 Å². The number of hydrogen-bond donors (Lipinski definition) is 4. The van der Waals surface area contributed by atoms with Crippen LogP contribution in [0, 0.1) is 5.92 Å². The van der Waals surface area contributed by atoms with Crippen LogP contribution in [0.1, 0.15) is 52.4 Å². The number of hydrogen-bond acceptors (Lipinski definition) is 4. The van der Waals surface area contributed by atoms with Crippen LogP contribution in [-0.4, -0.2) is 41.2 Å². The Morgan fingerprint density at radius 2 is 1.96 bits per heavy atom. The Balaban J connectivity index is 2.12. The molecule has 2 aliphatic carbocycles. The standard InChI is InChI=1S/C17H29N3O3/c1-10(12-6-4-3-5-7-12)19-15-9-13(17(22)23)8-14(18)16(15)20-11(2)21/h9-10,12,14-16,19H,3-8,18H2,1-2H3,(H,20,21)(H,22,23)/t10?,14-,15+,16+/m1/s1. The van der Waals surface area contributed by atoms with Crippen LogP contribution in [0.4, 0.5) is 0 Å². The fraction of sp³-hybridized carbons (Fsp3) is 0.765. The van der Waals surface area contributed by atoms with E-state index in [-0.39, 0.29) is 30.5 Å². The third kappa shape index (κ3) is 4.78. The lowest BCUT2D eigenvalue weighted by Gasteiger charge is -2.39. The molecule has 2 rings (SSSR count). The first kappa shape index (κ1) is 17.9. The van der Waals surface area contributed by atoms with Gasteiger partial charge in [-0.15, -0.1) is 0 Å². The topological polar surface area (TPSA) is 104 Å². The molecule has 1 saturated carbocycles. The summed E-state index contributed by atoms with van der Waals surface area (Å²) in [7, 11) is 0. The minimum absolute atomic E-state index is 0.144. The van der Waals surface area contributed by atoms with E-state index in [1.807, 2.05) is 0 Å². The Kier molecular flexibility index (Phi) is 6.18. The Morgan fingerprint density at radius 3 is 2.52 bits per heavy atom. The second-order valence-electron chi connectivity index (χ2n) is 6.97. The average Bonchev–Trinajstić information content (AvgIpc) is 2.50. The van der Waals surface area contributed by atoms with E-state index in [1.165, 1.54) is 39.0 Å². The molecule has 0 spiro atoms. The summed E-state index contributed by atoms with van der Waals surface area (Å²) in [5.41, 5.74) is 6.47. The molecule has 0 aliphatic heterocycles. The van der Waals surface area contributed by atoms with E-state index >= 15 is 0 Å². The largest absolute Gasteiger partial charge is 0.478 e. The highest BCUT2D eigenvalue weighted by atomic mass is 16.4. The molecule has 6 heteroatoms. The van der Waals surface area contributed by atoms with Gasteiger partial charge in [0.1, 0.15) is 0 Å². The van der Waals surface area contributed by atoms with Gasteiger partial charge in [-0.2, -0.15) is 0 Å². The molecule has 130 valence electrons. The van der Waals surface area contributed by atoms with E-state index in [0.29, 0.717) is 11.5 Å². The zero-order valence-electron chi connectivity index (χ0n) is 14.0. The van der Waals surface area contributed by atoms with Gasteiger partial charge in [-0.05, 0) is 32.1 Å². The predicted octanol–water partition coefficient (Wildman–Crippen LogP) is 1.16. The third-order valence-electron chi connectivity index (χ3n) is 5.14. The van der Waals surface area contributed by atoms with Gasteiger partial charge in [0.2, 0.25) is 5.91 Å². The number of carboxylic acids is 1. The molecule has 5 N–H and O–H groups in total. The monoisotopic (exact) mass is 323 g/mol. The summed E-state index contributed by atoms with van der Waals surface area (Å²) in [5, 5.41) is 15.7. The van der Waals surface area contributed by atoms with E-state index < -0.39 is 12.0 Å². The van der Waals surface area contributed by atoms with Crippen molar-refractivity contribution < 1.29 is 14.7 Å². The first-order chi connectivity index (χ1) is 10.9. The van der Waals surface area contributed by atoms with Crippen molar-refractivity contribution in [1.82, 2.24) is 10.6 Å². The number of nitrogens with two attached hydrogens (primary N) is 1. The van der Waals surface area contributed by atoms with Gasteiger partial charge in [0, 0.05) is 30.6 Å². The first-order valence-corrected chi connectivity index (χ1v) is 8.61. The summed E-state index contributed by atoms with van der Waals surface area (Å²) in [4.78, 5) is 22.8. The third-order valence-corrected chi connectivity index (χ3v) is 5.14. The summed E-state index contributed by atoms with van der Waals surface area (Å²) < 4.78 is 0. The van der Waals surface area contributed by atoms with Gasteiger partial charge in [-0.25, -0.2) is 4.79 Å². The number of aliphatic carboxylic acids is 1. The average molecular weight is 323 g/mol. The molecule has 1 amide bonds. The molecule has 0 aromatic heterocycles. The molecular weight excluding hydrogens is 294 g/mol. The van der Waals surface area contributed by atoms with Crippen molar-refractivity contribution in [2.45, 2.75) is 76.5 Å². The van der Waals surface area contributed by atoms with E-state index in [1.54, 1.807) is 6.08 Å². The Hall–Kier alpha value is -1.40. The summed E-state index contributed by atoms with van der Waals surface area (Å²) in [6.45, 7) is 3.61. The van der Waals surface area contributed by atoms with Crippen LogP contribution in [0.3, 0.4) is 0 Å². The van der Waals surface area contributed by atoms with Gasteiger partial charge >= 0.3 is 5.97 Å². The SMILES string of the molecule is CC(=O)N[C@H]1[C@H](N)CC(C(=O)O)=C[C@@H]1NC(C)C1CCCCC1. The molecule has 0 saturated heterocycles. The highest BCUT2D eigenvalue weighted by Gasteiger charge is 2.35. The van der Waals surface area contributed by atoms with Crippen molar-refractivity contribution in [3.05, 3.63) is 11.6 Å². The highest BCUT2D eigenvalue weighted by molar-refractivity contribution is 5.87. The lowest BCUT2D eigenvalue weighted by molar-refractivity contribution is -0.133. The fourth-order valence-electron chi connectivity index (χ4n) is 3.85. The normalized spacial score (nSPS) is 30.4. The quantitative estimate of drug-likeness (QED) is 0.608. The Bertz CT molecular complexity index is 472. The van der Waals surface area contributed by atoms with Crippen LogP contribution >= 0.6 is 0 Å². The lowest BCUT2D eigenvalue weighted by Crippen LogP contribution is -2.61. The maximum Gasteiger partial charge on any atom is 0.331 e. The second kappa shape index (κ2) is 7.93. The summed E-state index contributed by atoms with van der Waals surface area (Å²) in [6.07, 6.45) is 8.22. The molecule has 0 bridgehead atoms.